The Labute approximate surface area is 145 Å². The number of likely N-dealkylation sites (tertiary alicyclic amines) is 1. The molecule has 2 aromatic rings. The monoisotopic (exact) mass is 350 g/mol. The maximum absolute atomic E-state index is 13.7. The van der Waals surface area contributed by atoms with E-state index in [4.69, 9.17) is 12.2 Å². The summed E-state index contributed by atoms with van der Waals surface area (Å²) < 4.78 is 13.7. The van der Waals surface area contributed by atoms with Crippen LogP contribution < -0.4 is 15.5 Å². The predicted octanol–water partition coefficient (Wildman–Crippen LogP) is 2.59. The third-order valence-electron chi connectivity index (χ3n) is 4.21. The molecule has 1 aromatic heterocycles. The molecule has 6 heteroatoms. The number of hydrogen-bond donors (Lipinski definition) is 3. The van der Waals surface area contributed by atoms with Gasteiger partial charge < -0.3 is 15.5 Å². The molecule has 23 heavy (non-hydrogen) atoms. The SMILES string of the molecule is Fc1ccccc1NC(=S)NC[C@H](c1cccs1)[NH+]1CCCC1. The second-order valence-electron chi connectivity index (χ2n) is 5.75. The fraction of sp³-hybridized carbons (Fsp3) is 0.353. The van der Waals surface area contributed by atoms with Gasteiger partial charge in [-0.2, -0.15) is 0 Å². The number of para-hydroxylation sites is 1. The Morgan fingerprint density at radius 2 is 2.00 bits per heavy atom. The molecule has 3 N–H and O–H groups in total. The normalized spacial score (nSPS) is 16.2. The van der Waals surface area contributed by atoms with Crippen molar-refractivity contribution in [2.75, 3.05) is 25.0 Å². The zero-order chi connectivity index (χ0) is 16.1. The highest BCUT2D eigenvalue weighted by Gasteiger charge is 2.28. The molecule has 0 amide bonds. The number of quaternary nitrogens is 1. The lowest BCUT2D eigenvalue weighted by molar-refractivity contribution is -0.918. The molecule has 2 heterocycles. The van der Waals surface area contributed by atoms with Crippen LogP contribution in [0.2, 0.25) is 0 Å². The maximum atomic E-state index is 13.7. The molecule has 0 bridgehead atoms. The summed E-state index contributed by atoms with van der Waals surface area (Å²) in [4.78, 5) is 2.98. The van der Waals surface area contributed by atoms with E-state index in [1.54, 1.807) is 34.4 Å². The summed E-state index contributed by atoms with van der Waals surface area (Å²) in [5, 5.41) is 8.79. The zero-order valence-corrected chi connectivity index (χ0v) is 14.5. The van der Waals surface area contributed by atoms with Gasteiger partial charge in [-0.15, -0.1) is 11.3 Å². The number of thiocarbonyl (C=S) groups is 1. The Hall–Kier alpha value is -1.50. The lowest BCUT2D eigenvalue weighted by Crippen LogP contribution is -3.11. The van der Waals surface area contributed by atoms with Crippen LogP contribution in [0.15, 0.2) is 41.8 Å². The summed E-state index contributed by atoms with van der Waals surface area (Å²) in [5.74, 6) is -0.295. The molecule has 0 unspecified atom stereocenters. The van der Waals surface area contributed by atoms with E-state index in [1.807, 2.05) is 0 Å². The molecular weight excluding hydrogens is 329 g/mol. The van der Waals surface area contributed by atoms with E-state index in [1.165, 1.54) is 36.9 Å². The van der Waals surface area contributed by atoms with Gasteiger partial charge in [0.05, 0.1) is 30.2 Å². The van der Waals surface area contributed by atoms with Crippen LogP contribution in [0.4, 0.5) is 10.1 Å². The topological polar surface area (TPSA) is 28.5 Å². The molecule has 1 aromatic carbocycles. The standard InChI is InChI=1S/C17H20FN3S2/c18-13-6-1-2-7-14(13)20-17(22)19-12-15(16-8-5-11-23-16)21-9-3-4-10-21/h1-2,5-8,11,15H,3-4,9-10,12H2,(H2,19,20,22)/p+1/t15-/m1/s1. The van der Waals surface area contributed by atoms with Gasteiger partial charge in [-0.25, -0.2) is 4.39 Å². The van der Waals surface area contributed by atoms with Crippen LogP contribution in [-0.2, 0) is 0 Å². The largest absolute Gasteiger partial charge is 0.356 e. The molecule has 0 spiro atoms. The molecule has 0 aliphatic carbocycles. The van der Waals surface area contributed by atoms with Crippen molar-refractivity contribution >= 4 is 34.4 Å². The highest BCUT2D eigenvalue weighted by molar-refractivity contribution is 7.80. The van der Waals surface area contributed by atoms with Crippen molar-refractivity contribution in [1.82, 2.24) is 5.32 Å². The van der Waals surface area contributed by atoms with Gasteiger partial charge in [0, 0.05) is 12.8 Å². The summed E-state index contributed by atoms with van der Waals surface area (Å²) in [5.41, 5.74) is 0.409. The first-order valence-electron chi connectivity index (χ1n) is 7.91. The van der Waals surface area contributed by atoms with Crippen molar-refractivity contribution in [3.05, 3.63) is 52.5 Å². The summed E-state index contributed by atoms with van der Waals surface area (Å²) in [6.07, 6.45) is 2.57. The van der Waals surface area contributed by atoms with Gasteiger partial charge in [0.1, 0.15) is 11.9 Å². The van der Waals surface area contributed by atoms with E-state index in [0.29, 0.717) is 16.8 Å². The number of halogens is 1. The van der Waals surface area contributed by atoms with E-state index in [2.05, 4.69) is 28.1 Å². The van der Waals surface area contributed by atoms with Crippen LogP contribution in [-0.4, -0.2) is 24.7 Å². The number of benzene rings is 1. The van der Waals surface area contributed by atoms with Crippen LogP contribution in [0.25, 0.3) is 0 Å². The first-order chi connectivity index (χ1) is 11.2. The minimum atomic E-state index is -0.295. The Morgan fingerprint density at radius 1 is 1.22 bits per heavy atom. The smallest absolute Gasteiger partial charge is 0.171 e. The van der Waals surface area contributed by atoms with Gasteiger partial charge in [0.15, 0.2) is 5.11 Å². The van der Waals surface area contributed by atoms with E-state index in [-0.39, 0.29) is 5.82 Å². The zero-order valence-electron chi connectivity index (χ0n) is 12.8. The van der Waals surface area contributed by atoms with Crippen molar-refractivity contribution in [2.45, 2.75) is 18.9 Å². The number of thiophene rings is 1. The van der Waals surface area contributed by atoms with E-state index in [0.717, 1.165) is 6.54 Å². The highest BCUT2D eigenvalue weighted by atomic mass is 32.1. The quantitative estimate of drug-likeness (QED) is 0.724. The number of rotatable bonds is 5. The Balaban J connectivity index is 1.60. The van der Waals surface area contributed by atoms with Crippen LogP contribution in [0, 0.1) is 5.82 Å². The third-order valence-corrected chi connectivity index (χ3v) is 5.45. The second kappa shape index (κ2) is 7.86. The molecule has 1 aliphatic rings. The summed E-state index contributed by atoms with van der Waals surface area (Å²) in [6.45, 7) is 3.17. The Morgan fingerprint density at radius 3 is 2.70 bits per heavy atom. The molecule has 1 atom stereocenters. The maximum Gasteiger partial charge on any atom is 0.171 e. The second-order valence-corrected chi connectivity index (χ2v) is 7.14. The number of anilines is 1. The summed E-state index contributed by atoms with van der Waals surface area (Å²) >= 11 is 7.11. The van der Waals surface area contributed by atoms with Crippen molar-refractivity contribution in [3.63, 3.8) is 0 Å². The van der Waals surface area contributed by atoms with Gasteiger partial charge in [-0.05, 0) is 35.8 Å². The molecule has 122 valence electrons. The fourth-order valence-electron chi connectivity index (χ4n) is 3.04. The van der Waals surface area contributed by atoms with Crippen LogP contribution >= 0.6 is 23.6 Å². The minimum absolute atomic E-state index is 0.295. The van der Waals surface area contributed by atoms with Gasteiger partial charge in [0.25, 0.3) is 0 Å². The number of hydrogen-bond acceptors (Lipinski definition) is 2. The van der Waals surface area contributed by atoms with Crippen LogP contribution in [0.3, 0.4) is 0 Å². The van der Waals surface area contributed by atoms with E-state index in [9.17, 15) is 4.39 Å². The van der Waals surface area contributed by atoms with E-state index < -0.39 is 0 Å². The van der Waals surface area contributed by atoms with Gasteiger partial charge in [0.2, 0.25) is 0 Å². The highest BCUT2D eigenvalue weighted by Crippen LogP contribution is 2.17. The fourth-order valence-corrected chi connectivity index (χ4v) is 4.12. The van der Waals surface area contributed by atoms with Crippen LogP contribution in [0.1, 0.15) is 23.8 Å². The minimum Gasteiger partial charge on any atom is -0.356 e. The molecule has 0 radical (unpaired) electrons. The first kappa shape index (κ1) is 16.4. The van der Waals surface area contributed by atoms with Crippen molar-refractivity contribution in [2.24, 2.45) is 0 Å². The predicted molar refractivity (Wildman–Crippen MR) is 97.6 cm³/mol. The molecule has 0 saturated carbocycles. The number of nitrogens with one attached hydrogen (secondary N) is 3. The Kier molecular flexibility index (Phi) is 5.59. The summed E-state index contributed by atoms with van der Waals surface area (Å²) in [6, 6.07) is 11.3. The average molecular weight is 351 g/mol. The summed E-state index contributed by atoms with van der Waals surface area (Å²) in [7, 11) is 0. The third kappa shape index (κ3) is 4.28. The van der Waals surface area contributed by atoms with Crippen LogP contribution in [0.5, 0.6) is 0 Å². The Bertz CT molecular complexity index is 639. The lowest BCUT2D eigenvalue weighted by atomic mass is 10.2. The molecule has 3 nitrogen and oxygen atoms in total. The molecule has 1 saturated heterocycles. The van der Waals surface area contributed by atoms with Crippen molar-refractivity contribution in [1.29, 1.82) is 0 Å². The van der Waals surface area contributed by atoms with Gasteiger partial charge >= 0.3 is 0 Å². The molecule has 3 rings (SSSR count). The van der Waals surface area contributed by atoms with Gasteiger partial charge in [-0.1, -0.05) is 18.2 Å². The van der Waals surface area contributed by atoms with Crippen molar-refractivity contribution < 1.29 is 9.29 Å². The van der Waals surface area contributed by atoms with Crippen molar-refractivity contribution in [3.8, 4) is 0 Å². The molecular formula is C17H21FN3S2+. The lowest BCUT2D eigenvalue weighted by Gasteiger charge is -2.24. The van der Waals surface area contributed by atoms with E-state index >= 15 is 0 Å². The molecule has 1 fully saturated rings. The average Bonchev–Trinajstić information content (AvgIpc) is 3.23. The van der Waals surface area contributed by atoms with Gasteiger partial charge in [-0.3, -0.25) is 0 Å². The first-order valence-corrected chi connectivity index (χ1v) is 9.20. The molecule has 1 aliphatic heterocycles.